The number of allylic oxidation sites excluding steroid dienone is 1. The predicted molar refractivity (Wildman–Crippen MR) is 84.9 cm³/mol. The summed E-state index contributed by atoms with van der Waals surface area (Å²) >= 11 is 0. The van der Waals surface area contributed by atoms with E-state index in [1.54, 1.807) is 24.0 Å². The Morgan fingerprint density at radius 2 is 1.96 bits per heavy atom. The van der Waals surface area contributed by atoms with Gasteiger partial charge < -0.3 is 15.1 Å². The van der Waals surface area contributed by atoms with E-state index in [0.29, 0.717) is 5.84 Å². The number of carbonyl (C=O) groups is 1. The Bertz CT molecular complexity index is 781. The second-order valence-electron chi connectivity index (χ2n) is 5.72. The summed E-state index contributed by atoms with van der Waals surface area (Å²) in [5, 5.41) is 30.0. The molecule has 2 heterocycles. The number of phenols is 1. The van der Waals surface area contributed by atoms with Crippen LogP contribution in [0, 0.1) is 16.0 Å². The van der Waals surface area contributed by atoms with Crippen LogP contribution >= 0.6 is 0 Å². The number of amidine groups is 1. The van der Waals surface area contributed by atoms with Gasteiger partial charge in [0.15, 0.2) is 6.04 Å². The number of aliphatic carboxylic acids is 1. The third-order valence-electron chi connectivity index (χ3n) is 4.20. The largest absolute Gasteiger partial charge is 0.508 e. The third kappa shape index (κ3) is 2.62. The lowest BCUT2D eigenvalue weighted by molar-refractivity contribution is -0.420. The Morgan fingerprint density at radius 3 is 2.54 bits per heavy atom. The van der Waals surface area contributed by atoms with Crippen molar-refractivity contribution in [3.8, 4) is 5.75 Å². The predicted octanol–water partition coefficient (Wildman–Crippen LogP) is 1.92. The van der Waals surface area contributed by atoms with E-state index in [9.17, 15) is 25.1 Å². The molecule has 3 atom stereocenters. The van der Waals surface area contributed by atoms with Crippen molar-refractivity contribution < 1.29 is 19.9 Å². The molecule has 2 aliphatic heterocycles. The quantitative estimate of drug-likeness (QED) is 0.646. The fourth-order valence-electron chi connectivity index (χ4n) is 3.04. The molecule has 8 nitrogen and oxygen atoms in total. The number of fused-ring (bicyclic) bond motifs is 1. The molecular formula is C16H15N3O5. The van der Waals surface area contributed by atoms with Crippen LogP contribution in [-0.4, -0.2) is 37.9 Å². The van der Waals surface area contributed by atoms with Crippen LogP contribution < -0.4 is 0 Å². The molecule has 3 unspecified atom stereocenters. The number of aromatic hydroxyl groups is 1. The van der Waals surface area contributed by atoms with Gasteiger partial charge in [-0.3, -0.25) is 15.1 Å². The van der Waals surface area contributed by atoms with E-state index < -0.39 is 28.9 Å². The topological polar surface area (TPSA) is 116 Å². The van der Waals surface area contributed by atoms with Crippen molar-refractivity contribution in [2.75, 3.05) is 0 Å². The lowest BCUT2D eigenvalue weighted by atomic mass is 9.85. The van der Waals surface area contributed by atoms with Crippen LogP contribution in [0.1, 0.15) is 18.5 Å². The molecule has 8 heteroatoms. The molecule has 1 aromatic carbocycles. The van der Waals surface area contributed by atoms with E-state index in [1.165, 1.54) is 30.5 Å². The van der Waals surface area contributed by atoms with E-state index in [0.717, 1.165) is 5.56 Å². The first-order valence-corrected chi connectivity index (χ1v) is 7.30. The van der Waals surface area contributed by atoms with Crippen molar-refractivity contribution in [1.82, 2.24) is 4.90 Å². The van der Waals surface area contributed by atoms with Gasteiger partial charge in [-0.1, -0.05) is 19.1 Å². The van der Waals surface area contributed by atoms with Gasteiger partial charge in [0, 0.05) is 12.0 Å². The normalized spacial score (nSPS) is 25.5. The van der Waals surface area contributed by atoms with Crippen LogP contribution in [0.25, 0.3) is 0 Å². The maximum atomic E-state index is 11.5. The minimum Gasteiger partial charge on any atom is -0.508 e. The maximum Gasteiger partial charge on any atom is 0.328 e. The maximum absolute atomic E-state index is 11.5. The average molecular weight is 329 g/mol. The molecule has 124 valence electrons. The standard InChI is InChI=1S/C16H15N3O5/c1-9-14(16(21)22)17-13-7-4-11(19(23)24)8-18(13)15(9)10-2-5-12(20)6-3-10/h2-9,14-15,20H,1H3,(H,21,22). The molecule has 0 aliphatic carbocycles. The highest BCUT2D eigenvalue weighted by Crippen LogP contribution is 2.38. The van der Waals surface area contributed by atoms with Gasteiger partial charge in [0.1, 0.15) is 11.6 Å². The van der Waals surface area contributed by atoms with Crippen LogP contribution in [-0.2, 0) is 4.79 Å². The second kappa shape index (κ2) is 5.80. The highest BCUT2D eigenvalue weighted by molar-refractivity contribution is 5.98. The van der Waals surface area contributed by atoms with Crippen LogP contribution in [0.4, 0.5) is 0 Å². The zero-order valence-electron chi connectivity index (χ0n) is 12.7. The fourth-order valence-corrected chi connectivity index (χ4v) is 3.04. The van der Waals surface area contributed by atoms with Crippen molar-refractivity contribution in [1.29, 1.82) is 0 Å². The Balaban J connectivity index is 2.11. The Kier molecular flexibility index (Phi) is 3.80. The van der Waals surface area contributed by atoms with E-state index in [1.807, 2.05) is 0 Å². The van der Waals surface area contributed by atoms with Gasteiger partial charge in [0.25, 0.3) is 5.70 Å². The molecule has 24 heavy (non-hydrogen) atoms. The van der Waals surface area contributed by atoms with E-state index in [4.69, 9.17) is 0 Å². The van der Waals surface area contributed by atoms with E-state index in [-0.39, 0.29) is 11.4 Å². The number of carboxylic acid groups (broad SMARTS) is 1. The summed E-state index contributed by atoms with van der Waals surface area (Å²) in [4.78, 5) is 27.9. The Labute approximate surface area is 137 Å². The minimum absolute atomic E-state index is 0.0888. The molecule has 0 radical (unpaired) electrons. The fraction of sp³-hybridized carbons (Fsp3) is 0.250. The summed E-state index contributed by atoms with van der Waals surface area (Å²) in [5.74, 6) is -1.02. The van der Waals surface area contributed by atoms with Crippen molar-refractivity contribution >= 4 is 11.8 Å². The molecule has 1 aromatic rings. The zero-order chi connectivity index (χ0) is 17.4. The smallest absolute Gasteiger partial charge is 0.328 e. The molecule has 3 rings (SSSR count). The number of aliphatic imine (C=N–C) groups is 1. The first-order chi connectivity index (χ1) is 11.4. The molecule has 0 amide bonds. The molecule has 0 aromatic heterocycles. The molecule has 2 aliphatic rings. The number of hydrogen-bond acceptors (Lipinski definition) is 6. The lowest BCUT2D eigenvalue weighted by Gasteiger charge is -2.41. The highest BCUT2D eigenvalue weighted by atomic mass is 16.6. The number of hydrogen-bond donors (Lipinski definition) is 2. The van der Waals surface area contributed by atoms with Gasteiger partial charge in [-0.25, -0.2) is 4.79 Å². The first-order valence-electron chi connectivity index (χ1n) is 7.30. The lowest BCUT2D eigenvalue weighted by Crippen LogP contribution is -2.46. The Hall–Kier alpha value is -3.16. The number of benzene rings is 1. The molecule has 0 saturated heterocycles. The minimum atomic E-state index is -1.05. The summed E-state index contributed by atoms with van der Waals surface area (Å²) in [6.07, 6.45) is 4.12. The van der Waals surface area contributed by atoms with Gasteiger partial charge in [0.05, 0.1) is 17.2 Å². The van der Waals surface area contributed by atoms with Crippen molar-refractivity contribution in [3.05, 3.63) is 64.0 Å². The Morgan fingerprint density at radius 1 is 1.29 bits per heavy atom. The number of carboxylic acids is 1. The van der Waals surface area contributed by atoms with Gasteiger partial charge in [-0.15, -0.1) is 0 Å². The molecule has 0 fully saturated rings. The summed E-state index contributed by atoms with van der Waals surface area (Å²) in [6.45, 7) is 1.74. The first kappa shape index (κ1) is 15.7. The number of nitrogens with zero attached hydrogens (tertiary/aromatic N) is 3. The number of rotatable bonds is 3. The average Bonchev–Trinajstić information content (AvgIpc) is 2.54. The summed E-state index contributed by atoms with van der Waals surface area (Å²) in [5.41, 5.74) is 0.645. The van der Waals surface area contributed by atoms with Crippen LogP contribution in [0.15, 0.2) is 53.3 Å². The van der Waals surface area contributed by atoms with E-state index >= 15 is 0 Å². The van der Waals surface area contributed by atoms with Gasteiger partial charge >= 0.3 is 5.97 Å². The summed E-state index contributed by atoms with van der Waals surface area (Å²) in [6, 6.07) is 4.96. The van der Waals surface area contributed by atoms with Crippen molar-refractivity contribution in [2.24, 2.45) is 10.9 Å². The zero-order valence-corrected chi connectivity index (χ0v) is 12.7. The van der Waals surface area contributed by atoms with Crippen molar-refractivity contribution in [2.45, 2.75) is 19.0 Å². The number of phenolic OH excluding ortho intramolecular Hbond substituents is 1. The molecule has 0 saturated carbocycles. The van der Waals surface area contributed by atoms with Crippen LogP contribution in [0.3, 0.4) is 0 Å². The third-order valence-corrected chi connectivity index (χ3v) is 4.20. The van der Waals surface area contributed by atoms with Crippen molar-refractivity contribution in [3.63, 3.8) is 0 Å². The molecule has 0 spiro atoms. The summed E-state index contributed by atoms with van der Waals surface area (Å²) in [7, 11) is 0. The van der Waals surface area contributed by atoms with Crippen LogP contribution in [0.2, 0.25) is 0 Å². The van der Waals surface area contributed by atoms with E-state index in [2.05, 4.69) is 4.99 Å². The highest BCUT2D eigenvalue weighted by Gasteiger charge is 2.41. The number of nitro groups is 1. The van der Waals surface area contributed by atoms with Gasteiger partial charge in [0.2, 0.25) is 0 Å². The molecular weight excluding hydrogens is 314 g/mol. The van der Waals surface area contributed by atoms with Gasteiger partial charge in [-0.2, -0.15) is 0 Å². The SMILES string of the molecule is CC1C(C(=O)O)N=C2C=CC([N+](=O)[O-])=CN2C1c1ccc(O)cc1. The van der Waals surface area contributed by atoms with Gasteiger partial charge in [-0.05, 0) is 23.8 Å². The monoisotopic (exact) mass is 329 g/mol. The summed E-state index contributed by atoms with van der Waals surface area (Å²) < 4.78 is 0. The van der Waals surface area contributed by atoms with Crippen LogP contribution in [0.5, 0.6) is 5.75 Å². The molecule has 2 N–H and O–H groups in total. The second-order valence-corrected chi connectivity index (χ2v) is 5.72. The molecule has 0 bridgehead atoms.